The third-order valence-corrected chi connectivity index (χ3v) is 1.61. The Balaban J connectivity index is 2.19. The molecule has 1 rings (SSSR count). The van der Waals surface area contributed by atoms with Crippen LogP contribution in [0.15, 0.2) is 12.5 Å². The van der Waals surface area contributed by atoms with E-state index in [4.69, 9.17) is 5.11 Å². The smallest absolute Gasteiger partial charge is 0.269 e. The number of H-pyrrole nitrogens is 1. The van der Waals surface area contributed by atoms with E-state index in [1.54, 1.807) is 0 Å². The maximum atomic E-state index is 11.2. The lowest BCUT2D eigenvalue weighted by atomic mass is 10.3. The molecule has 0 radical (unpaired) electrons. The molecular formula is C8H13N3O2. The van der Waals surface area contributed by atoms with Gasteiger partial charge < -0.3 is 15.4 Å². The molecule has 0 aliphatic heterocycles. The van der Waals surface area contributed by atoms with E-state index in [1.165, 1.54) is 12.5 Å². The molecule has 0 spiro atoms. The number of hydrogen-bond acceptors (Lipinski definition) is 3. The van der Waals surface area contributed by atoms with Gasteiger partial charge in [0.2, 0.25) is 0 Å². The van der Waals surface area contributed by atoms with Crippen LogP contribution >= 0.6 is 0 Å². The molecule has 0 atom stereocenters. The summed E-state index contributed by atoms with van der Waals surface area (Å²) in [6.07, 6.45) is 4.43. The van der Waals surface area contributed by atoms with Crippen LogP contribution in [0.3, 0.4) is 0 Å². The van der Waals surface area contributed by atoms with Crippen LogP contribution < -0.4 is 5.32 Å². The summed E-state index contributed by atoms with van der Waals surface area (Å²) < 4.78 is 0. The van der Waals surface area contributed by atoms with Gasteiger partial charge in [0.1, 0.15) is 5.69 Å². The number of aromatic amines is 1. The fourth-order valence-electron chi connectivity index (χ4n) is 0.914. The highest BCUT2D eigenvalue weighted by molar-refractivity contribution is 5.91. The number of rotatable bonds is 5. The average Bonchev–Trinajstić information content (AvgIpc) is 2.65. The fourth-order valence-corrected chi connectivity index (χ4v) is 0.914. The molecule has 1 aromatic rings. The SMILES string of the molecule is O=C(NCCCCO)c1cnc[nH]1. The largest absolute Gasteiger partial charge is 0.396 e. The van der Waals surface area contributed by atoms with Gasteiger partial charge in [-0.25, -0.2) is 4.98 Å². The summed E-state index contributed by atoms with van der Waals surface area (Å²) in [5.41, 5.74) is 0.462. The lowest BCUT2D eigenvalue weighted by Crippen LogP contribution is -2.24. The third-order valence-electron chi connectivity index (χ3n) is 1.61. The van der Waals surface area contributed by atoms with E-state index in [9.17, 15) is 4.79 Å². The highest BCUT2D eigenvalue weighted by Crippen LogP contribution is 1.91. The summed E-state index contributed by atoms with van der Waals surface area (Å²) in [7, 11) is 0. The predicted molar refractivity (Wildman–Crippen MR) is 47.2 cm³/mol. The summed E-state index contributed by atoms with van der Waals surface area (Å²) in [4.78, 5) is 17.7. The molecule has 0 bridgehead atoms. The number of nitrogens with zero attached hydrogens (tertiary/aromatic N) is 1. The number of nitrogens with one attached hydrogen (secondary N) is 2. The van der Waals surface area contributed by atoms with Crippen LogP contribution in [0.2, 0.25) is 0 Å². The van der Waals surface area contributed by atoms with Crippen molar-refractivity contribution in [3.05, 3.63) is 18.2 Å². The van der Waals surface area contributed by atoms with Crippen molar-refractivity contribution in [3.8, 4) is 0 Å². The Morgan fingerprint density at radius 1 is 1.62 bits per heavy atom. The number of aromatic nitrogens is 2. The standard InChI is InChI=1S/C8H13N3O2/c12-4-2-1-3-10-8(13)7-5-9-6-11-7/h5-6,12H,1-4H2,(H,9,11)(H,10,13). The Morgan fingerprint density at radius 2 is 2.46 bits per heavy atom. The molecule has 13 heavy (non-hydrogen) atoms. The molecule has 0 aliphatic carbocycles. The summed E-state index contributed by atoms with van der Waals surface area (Å²) >= 11 is 0. The minimum atomic E-state index is -0.157. The van der Waals surface area contributed by atoms with Crippen LogP contribution in [-0.2, 0) is 0 Å². The minimum absolute atomic E-state index is 0.157. The molecule has 1 heterocycles. The Labute approximate surface area is 76.2 Å². The number of carbonyl (C=O) groups is 1. The second kappa shape index (κ2) is 5.31. The average molecular weight is 183 g/mol. The molecule has 0 aromatic carbocycles. The zero-order valence-corrected chi connectivity index (χ0v) is 7.29. The number of aliphatic hydroxyl groups is 1. The second-order valence-corrected chi connectivity index (χ2v) is 2.65. The number of amides is 1. The van der Waals surface area contributed by atoms with E-state index in [2.05, 4.69) is 15.3 Å². The van der Waals surface area contributed by atoms with E-state index in [0.29, 0.717) is 18.7 Å². The molecule has 0 saturated heterocycles. The second-order valence-electron chi connectivity index (χ2n) is 2.65. The van der Waals surface area contributed by atoms with Crippen LogP contribution in [0.5, 0.6) is 0 Å². The topological polar surface area (TPSA) is 78.0 Å². The van der Waals surface area contributed by atoms with Crippen molar-refractivity contribution in [2.45, 2.75) is 12.8 Å². The Morgan fingerprint density at radius 3 is 3.08 bits per heavy atom. The van der Waals surface area contributed by atoms with Gasteiger partial charge in [-0.15, -0.1) is 0 Å². The Hall–Kier alpha value is -1.36. The first-order valence-electron chi connectivity index (χ1n) is 4.22. The van der Waals surface area contributed by atoms with Gasteiger partial charge in [-0.3, -0.25) is 4.79 Å². The zero-order valence-electron chi connectivity index (χ0n) is 7.29. The number of imidazole rings is 1. The van der Waals surface area contributed by atoms with Gasteiger partial charge in [0, 0.05) is 13.2 Å². The molecule has 1 amide bonds. The van der Waals surface area contributed by atoms with Crippen molar-refractivity contribution in [1.82, 2.24) is 15.3 Å². The van der Waals surface area contributed by atoms with Crippen LogP contribution in [0.1, 0.15) is 23.3 Å². The molecule has 72 valence electrons. The zero-order chi connectivity index (χ0) is 9.52. The molecule has 1 aromatic heterocycles. The number of unbranched alkanes of at least 4 members (excludes halogenated alkanes) is 1. The lowest BCUT2D eigenvalue weighted by molar-refractivity contribution is 0.0947. The maximum absolute atomic E-state index is 11.2. The van der Waals surface area contributed by atoms with Crippen molar-refractivity contribution in [3.63, 3.8) is 0 Å². The van der Waals surface area contributed by atoms with Crippen LogP contribution in [0, 0.1) is 0 Å². The van der Waals surface area contributed by atoms with Crippen molar-refractivity contribution < 1.29 is 9.90 Å². The molecule has 0 unspecified atom stereocenters. The third kappa shape index (κ3) is 3.25. The summed E-state index contributed by atoms with van der Waals surface area (Å²) in [6.45, 7) is 0.748. The van der Waals surface area contributed by atoms with Gasteiger partial charge in [-0.2, -0.15) is 0 Å². The van der Waals surface area contributed by atoms with Crippen LogP contribution in [0.25, 0.3) is 0 Å². The summed E-state index contributed by atoms with van der Waals surface area (Å²) in [5, 5.41) is 11.2. The Bertz CT molecular complexity index is 246. The Kier molecular flexibility index (Phi) is 3.98. The van der Waals surface area contributed by atoms with Gasteiger partial charge in [0.25, 0.3) is 5.91 Å². The van der Waals surface area contributed by atoms with Gasteiger partial charge >= 0.3 is 0 Å². The first-order chi connectivity index (χ1) is 6.34. The van der Waals surface area contributed by atoms with Crippen molar-refractivity contribution in [2.24, 2.45) is 0 Å². The highest BCUT2D eigenvalue weighted by Gasteiger charge is 2.04. The van der Waals surface area contributed by atoms with Crippen LogP contribution in [-0.4, -0.2) is 34.1 Å². The minimum Gasteiger partial charge on any atom is -0.396 e. The molecule has 0 fully saturated rings. The maximum Gasteiger partial charge on any atom is 0.269 e. The van der Waals surface area contributed by atoms with Gasteiger partial charge in [-0.1, -0.05) is 0 Å². The summed E-state index contributed by atoms with van der Waals surface area (Å²) in [6, 6.07) is 0. The number of aliphatic hydroxyl groups excluding tert-OH is 1. The molecular weight excluding hydrogens is 170 g/mol. The highest BCUT2D eigenvalue weighted by atomic mass is 16.2. The first-order valence-corrected chi connectivity index (χ1v) is 4.22. The quantitative estimate of drug-likeness (QED) is 0.558. The van der Waals surface area contributed by atoms with Gasteiger partial charge in [0.15, 0.2) is 0 Å². The monoisotopic (exact) mass is 183 g/mol. The van der Waals surface area contributed by atoms with Crippen LogP contribution in [0.4, 0.5) is 0 Å². The van der Waals surface area contributed by atoms with E-state index in [1.807, 2.05) is 0 Å². The number of hydrogen-bond donors (Lipinski definition) is 3. The van der Waals surface area contributed by atoms with Gasteiger partial charge in [0.05, 0.1) is 12.5 Å². The molecule has 3 N–H and O–H groups in total. The summed E-state index contributed by atoms with van der Waals surface area (Å²) in [5.74, 6) is -0.157. The molecule has 0 aliphatic rings. The normalized spacial score (nSPS) is 9.92. The molecule has 5 heteroatoms. The van der Waals surface area contributed by atoms with Gasteiger partial charge in [-0.05, 0) is 12.8 Å². The number of carbonyl (C=O) groups excluding carboxylic acids is 1. The predicted octanol–water partition coefficient (Wildman–Crippen LogP) is -0.0880. The fraction of sp³-hybridized carbons (Fsp3) is 0.500. The van der Waals surface area contributed by atoms with Crippen molar-refractivity contribution >= 4 is 5.91 Å². The lowest BCUT2D eigenvalue weighted by Gasteiger charge is -2.01. The van der Waals surface area contributed by atoms with E-state index >= 15 is 0 Å². The van der Waals surface area contributed by atoms with E-state index in [0.717, 1.165) is 6.42 Å². The molecule has 0 saturated carbocycles. The first kappa shape index (κ1) is 9.73. The van der Waals surface area contributed by atoms with E-state index < -0.39 is 0 Å². The molecule has 5 nitrogen and oxygen atoms in total. The van der Waals surface area contributed by atoms with Crippen molar-refractivity contribution in [1.29, 1.82) is 0 Å². The van der Waals surface area contributed by atoms with Crippen molar-refractivity contribution in [2.75, 3.05) is 13.2 Å². The van der Waals surface area contributed by atoms with E-state index in [-0.39, 0.29) is 12.5 Å².